The fraction of sp³-hybridized carbons (Fsp3) is 0.286. The Morgan fingerprint density at radius 3 is 2.61 bits per heavy atom. The second kappa shape index (κ2) is 6.88. The molecule has 0 bridgehead atoms. The van der Waals surface area contributed by atoms with Gasteiger partial charge in [0.15, 0.2) is 15.7 Å². The Bertz CT molecular complexity index is 1340. The molecule has 1 aromatic carbocycles. The number of hydrogen-bond acceptors (Lipinski definition) is 8. The van der Waals surface area contributed by atoms with Crippen LogP contribution in [-0.2, 0) is 15.4 Å². The molecule has 162 valence electrons. The van der Waals surface area contributed by atoms with Crippen molar-refractivity contribution in [2.45, 2.75) is 31.1 Å². The van der Waals surface area contributed by atoms with Gasteiger partial charge in [0, 0.05) is 22.8 Å². The van der Waals surface area contributed by atoms with Crippen LogP contribution in [0.1, 0.15) is 26.3 Å². The predicted molar refractivity (Wildman–Crippen MR) is 118 cm³/mol. The Morgan fingerprint density at radius 2 is 1.90 bits per heavy atom. The second-order valence-corrected chi connectivity index (χ2v) is 10.8. The molecule has 0 aliphatic carbocycles. The summed E-state index contributed by atoms with van der Waals surface area (Å²) in [5.74, 6) is -0.590. The van der Waals surface area contributed by atoms with Crippen molar-refractivity contribution in [1.82, 2.24) is 9.97 Å². The van der Waals surface area contributed by atoms with Gasteiger partial charge in [-0.25, -0.2) is 22.8 Å². The molecule has 0 radical (unpaired) electrons. The van der Waals surface area contributed by atoms with Gasteiger partial charge in [0.05, 0.1) is 11.9 Å². The number of amidine groups is 1. The van der Waals surface area contributed by atoms with Crippen LogP contribution in [0, 0.1) is 5.82 Å². The molecule has 3 heterocycles. The van der Waals surface area contributed by atoms with Gasteiger partial charge in [-0.3, -0.25) is 4.99 Å². The molecular formula is C21H22FN5O3S. The van der Waals surface area contributed by atoms with E-state index in [0.29, 0.717) is 22.4 Å². The standard InChI is InChI=1S/C21H22FN5O3S/c1-20(2)19(23)27-21(3,11-31(20,29)30)15-9-13(4-5-16(15)22)26-18-17-12(6-7-24-18)8-14(28)10-25-17/h4-10,28H,11H2,1-3H3,(H2,23,27)(H,24,26)/t21-/m0/s1. The molecule has 8 nitrogen and oxygen atoms in total. The lowest BCUT2D eigenvalue weighted by atomic mass is 9.92. The first-order chi connectivity index (χ1) is 14.4. The monoisotopic (exact) mass is 443 g/mol. The zero-order valence-electron chi connectivity index (χ0n) is 17.2. The molecule has 3 aromatic rings. The third-order valence-corrected chi connectivity index (χ3v) is 8.33. The van der Waals surface area contributed by atoms with Crippen molar-refractivity contribution in [2.24, 2.45) is 10.7 Å². The lowest BCUT2D eigenvalue weighted by Gasteiger charge is -2.38. The number of aromatic nitrogens is 2. The minimum atomic E-state index is -3.68. The highest BCUT2D eigenvalue weighted by atomic mass is 32.2. The van der Waals surface area contributed by atoms with Crippen LogP contribution >= 0.6 is 0 Å². The number of sulfone groups is 1. The summed E-state index contributed by atoms with van der Waals surface area (Å²) >= 11 is 0. The lowest BCUT2D eigenvalue weighted by Crippen LogP contribution is -2.54. The number of rotatable bonds is 3. The molecule has 31 heavy (non-hydrogen) atoms. The Hall–Kier alpha value is -3.27. The van der Waals surface area contributed by atoms with Crippen molar-refractivity contribution in [3.63, 3.8) is 0 Å². The van der Waals surface area contributed by atoms with Gasteiger partial charge < -0.3 is 16.2 Å². The van der Waals surface area contributed by atoms with E-state index in [-0.39, 0.29) is 22.9 Å². The van der Waals surface area contributed by atoms with Gasteiger partial charge in [-0.1, -0.05) is 0 Å². The van der Waals surface area contributed by atoms with E-state index in [1.54, 1.807) is 25.3 Å². The second-order valence-electron chi connectivity index (χ2n) is 8.28. The summed E-state index contributed by atoms with van der Waals surface area (Å²) in [6, 6.07) is 7.51. The summed E-state index contributed by atoms with van der Waals surface area (Å²) in [5, 5.41) is 13.4. The first-order valence-electron chi connectivity index (χ1n) is 9.52. The molecule has 10 heteroatoms. The van der Waals surface area contributed by atoms with E-state index in [4.69, 9.17) is 5.73 Å². The smallest absolute Gasteiger partial charge is 0.165 e. The largest absolute Gasteiger partial charge is 0.506 e. The number of pyridine rings is 2. The van der Waals surface area contributed by atoms with Gasteiger partial charge >= 0.3 is 0 Å². The third-order valence-electron chi connectivity index (χ3n) is 5.63. The fourth-order valence-electron chi connectivity index (χ4n) is 3.57. The number of fused-ring (bicyclic) bond motifs is 1. The topological polar surface area (TPSA) is 131 Å². The number of aromatic hydroxyl groups is 1. The van der Waals surface area contributed by atoms with Crippen molar-refractivity contribution >= 4 is 38.1 Å². The van der Waals surface area contributed by atoms with E-state index < -0.39 is 25.9 Å². The molecule has 1 aliphatic heterocycles. The SMILES string of the molecule is CC1(C)C(N)=N[C@](C)(c2cc(Nc3nccc4cc(O)cnc34)ccc2F)CS1(=O)=O. The normalized spacial score (nSPS) is 22.1. The van der Waals surface area contributed by atoms with Crippen LogP contribution in [0.15, 0.2) is 47.7 Å². The Balaban J connectivity index is 1.78. The van der Waals surface area contributed by atoms with Gasteiger partial charge in [0.1, 0.15) is 33.2 Å². The van der Waals surface area contributed by atoms with Gasteiger partial charge in [0.25, 0.3) is 0 Å². The van der Waals surface area contributed by atoms with Crippen molar-refractivity contribution < 1.29 is 17.9 Å². The number of benzene rings is 1. The van der Waals surface area contributed by atoms with Crippen LogP contribution in [0.3, 0.4) is 0 Å². The summed E-state index contributed by atoms with van der Waals surface area (Å²) in [7, 11) is -3.68. The number of nitrogens with two attached hydrogens (primary N) is 1. The first-order valence-corrected chi connectivity index (χ1v) is 11.2. The molecule has 0 fully saturated rings. The third kappa shape index (κ3) is 3.46. The highest BCUT2D eigenvalue weighted by Gasteiger charge is 2.49. The van der Waals surface area contributed by atoms with Crippen LogP contribution < -0.4 is 11.1 Å². The van der Waals surface area contributed by atoms with Crippen molar-refractivity contribution in [2.75, 3.05) is 11.1 Å². The summed E-state index contributed by atoms with van der Waals surface area (Å²) in [5.41, 5.74) is 5.70. The van der Waals surface area contributed by atoms with E-state index in [0.717, 1.165) is 0 Å². The van der Waals surface area contributed by atoms with E-state index in [2.05, 4.69) is 20.3 Å². The highest BCUT2D eigenvalue weighted by Crippen LogP contribution is 2.39. The number of nitrogens with one attached hydrogen (secondary N) is 1. The molecule has 0 saturated carbocycles. The molecule has 1 atom stereocenters. The summed E-state index contributed by atoms with van der Waals surface area (Å²) < 4.78 is 39.2. The zero-order chi connectivity index (χ0) is 22.6. The summed E-state index contributed by atoms with van der Waals surface area (Å²) in [6.07, 6.45) is 2.86. The van der Waals surface area contributed by atoms with Gasteiger partial charge in [-0.05, 0) is 51.1 Å². The van der Waals surface area contributed by atoms with E-state index in [1.807, 2.05) is 0 Å². The van der Waals surface area contributed by atoms with Crippen LogP contribution in [0.4, 0.5) is 15.9 Å². The molecule has 4 rings (SSSR count). The molecule has 1 aliphatic rings. The molecule has 0 spiro atoms. The molecule has 2 aromatic heterocycles. The average Bonchev–Trinajstić information content (AvgIpc) is 2.67. The molecule has 0 saturated heterocycles. The van der Waals surface area contributed by atoms with Crippen LogP contribution in [0.5, 0.6) is 5.75 Å². The van der Waals surface area contributed by atoms with Crippen LogP contribution in [0.25, 0.3) is 10.9 Å². The van der Waals surface area contributed by atoms with E-state index in [1.165, 1.54) is 38.2 Å². The Labute approximate surface area is 179 Å². The quantitative estimate of drug-likeness (QED) is 0.567. The minimum absolute atomic E-state index is 0.0264. The van der Waals surface area contributed by atoms with Gasteiger partial charge in [0.2, 0.25) is 0 Å². The van der Waals surface area contributed by atoms with Gasteiger partial charge in [-0.15, -0.1) is 0 Å². The maximum atomic E-state index is 14.8. The number of anilines is 2. The lowest BCUT2D eigenvalue weighted by molar-refractivity contribution is 0.473. The fourth-order valence-corrected chi connectivity index (χ4v) is 5.26. The zero-order valence-corrected chi connectivity index (χ0v) is 18.0. The van der Waals surface area contributed by atoms with E-state index >= 15 is 0 Å². The average molecular weight is 444 g/mol. The van der Waals surface area contributed by atoms with Crippen molar-refractivity contribution in [3.05, 3.63) is 54.1 Å². The first kappa shape index (κ1) is 21.0. The summed E-state index contributed by atoms with van der Waals surface area (Å²) in [6.45, 7) is 4.54. The van der Waals surface area contributed by atoms with Crippen molar-refractivity contribution in [1.29, 1.82) is 0 Å². The Kier molecular flexibility index (Phi) is 4.65. The van der Waals surface area contributed by atoms with Crippen molar-refractivity contribution in [3.8, 4) is 5.75 Å². The molecule has 4 N–H and O–H groups in total. The number of nitrogens with zero attached hydrogens (tertiary/aromatic N) is 3. The van der Waals surface area contributed by atoms with Crippen LogP contribution in [0.2, 0.25) is 0 Å². The molecular weight excluding hydrogens is 421 g/mol. The maximum Gasteiger partial charge on any atom is 0.165 e. The highest BCUT2D eigenvalue weighted by molar-refractivity contribution is 7.93. The number of hydrogen-bond donors (Lipinski definition) is 3. The molecule has 0 unspecified atom stereocenters. The Morgan fingerprint density at radius 1 is 1.16 bits per heavy atom. The van der Waals surface area contributed by atoms with E-state index in [9.17, 15) is 17.9 Å². The maximum absolute atomic E-state index is 14.8. The summed E-state index contributed by atoms with van der Waals surface area (Å²) in [4.78, 5) is 12.9. The molecule has 0 amide bonds. The number of aliphatic imine (C=N–C) groups is 1. The van der Waals surface area contributed by atoms with Crippen LogP contribution in [-0.4, -0.2) is 39.8 Å². The van der Waals surface area contributed by atoms with Gasteiger partial charge in [-0.2, -0.15) is 0 Å². The minimum Gasteiger partial charge on any atom is -0.506 e. The predicted octanol–water partition coefficient (Wildman–Crippen LogP) is 3.00. The number of halogens is 1.